The molecule has 0 aliphatic heterocycles. The standard InChI is InChI=1S/C11H15ClN2O3S/c1-2-14(7-8-3-4-8)11(15)10-5-9(6-13-10)18(12,16)17/h5-6,8,13H,2-4,7H2,1H3. The van der Waals surface area contributed by atoms with Crippen molar-refractivity contribution in [2.75, 3.05) is 13.1 Å². The lowest BCUT2D eigenvalue weighted by atomic mass is 10.3. The number of aromatic amines is 1. The number of nitrogens with one attached hydrogen (secondary N) is 1. The van der Waals surface area contributed by atoms with Gasteiger partial charge in [0.05, 0.1) is 0 Å². The summed E-state index contributed by atoms with van der Waals surface area (Å²) in [5.74, 6) is 0.413. The fraction of sp³-hybridized carbons (Fsp3) is 0.545. The maximum atomic E-state index is 12.1. The van der Waals surface area contributed by atoms with E-state index >= 15 is 0 Å². The maximum absolute atomic E-state index is 12.1. The molecule has 1 amide bonds. The van der Waals surface area contributed by atoms with Crippen molar-refractivity contribution in [3.05, 3.63) is 18.0 Å². The van der Waals surface area contributed by atoms with E-state index in [9.17, 15) is 13.2 Å². The maximum Gasteiger partial charge on any atom is 0.270 e. The molecule has 1 aromatic rings. The number of carbonyl (C=O) groups excluding carboxylic acids is 1. The summed E-state index contributed by atoms with van der Waals surface area (Å²) in [6.07, 6.45) is 3.56. The molecule has 7 heteroatoms. The molecule has 0 unspecified atom stereocenters. The normalized spacial score (nSPS) is 15.7. The van der Waals surface area contributed by atoms with Gasteiger partial charge in [0, 0.05) is 30.0 Å². The van der Waals surface area contributed by atoms with Gasteiger partial charge in [-0.15, -0.1) is 0 Å². The Kier molecular flexibility index (Phi) is 3.68. The van der Waals surface area contributed by atoms with Gasteiger partial charge in [-0.3, -0.25) is 4.79 Å². The van der Waals surface area contributed by atoms with E-state index in [1.54, 1.807) is 4.90 Å². The van der Waals surface area contributed by atoms with Gasteiger partial charge in [0.25, 0.3) is 15.0 Å². The molecule has 2 rings (SSSR count). The largest absolute Gasteiger partial charge is 0.356 e. The minimum Gasteiger partial charge on any atom is -0.356 e. The molecule has 0 bridgehead atoms. The first-order chi connectivity index (χ1) is 8.41. The van der Waals surface area contributed by atoms with Crippen LogP contribution < -0.4 is 0 Å². The molecule has 1 aromatic heterocycles. The van der Waals surface area contributed by atoms with Crippen molar-refractivity contribution >= 4 is 25.6 Å². The average molecular weight is 291 g/mol. The van der Waals surface area contributed by atoms with Crippen molar-refractivity contribution in [1.82, 2.24) is 9.88 Å². The SMILES string of the molecule is CCN(CC1CC1)C(=O)c1cc(S(=O)(=O)Cl)c[nH]1. The first kappa shape index (κ1) is 13.4. The van der Waals surface area contributed by atoms with Crippen molar-refractivity contribution < 1.29 is 13.2 Å². The third-order valence-corrected chi connectivity index (χ3v) is 4.35. The highest BCUT2D eigenvalue weighted by molar-refractivity contribution is 8.13. The average Bonchev–Trinajstić information content (AvgIpc) is 2.95. The van der Waals surface area contributed by atoms with E-state index in [2.05, 4.69) is 4.98 Å². The van der Waals surface area contributed by atoms with Crippen molar-refractivity contribution in [1.29, 1.82) is 0 Å². The van der Waals surface area contributed by atoms with Crippen LogP contribution in [-0.2, 0) is 9.05 Å². The van der Waals surface area contributed by atoms with Gasteiger partial charge >= 0.3 is 0 Å². The van der Waals surface area contributed by atoms with Crippen LogP contribution in [0.4, 0.5) is 0 Å². The van der Waals surface area contributed by atoms with Gasteiger partial charge in [-0.1, -0.05) is 0 Å². The molecule has 18 heavy (non-hydrogen) atoms. The van der Waals surface area contributed by atoms with Crippen LogP contribution in [0.25, 0.3) is 0 Å². The molecular weight excluding hydrogens is 276 g/mol. The molecule has 1 fully saturated rings. The quantitative estimate of drug-likeness (QED) is 0.841. The number of rotatable bonds is 5. The van der Waals surface area contributed by atoms with E-state index in [-0.39, 0.29) is 16.5 Å². The van der Waals surface area contributed by atoms with E-state index in [0.29, 0.717) is 12.5 Å². The first-order valence-electron chi connectivity index (χ1n) is 5.84. The summed E-state index contributed by atoms with van der Waals surface area (Å²) in [7, 11) is 1.42. The summed E-state index contributed by atoms with van der Waals surface area (Å²) >= 11 is 0. The van der Waals surface area contributed by atoms with Crippen molar-refractivity contribution in [2.24, 2.45) is 5.92 Å². The minimum atomic E-state index is -3.79. The molecule has 0 saturated heterocycles. The van der Waals surface area contributed by atoms with E-state index in [1.807, 2.05) is 6.92 Å². The summed E-state index contributed by atoms with van der Waals surface area (Å²) in [5.41, 5.74) is 0.261. The Labute approximate surface area is 111 Å². The molecule has 0 atom stereocenters. The van der Waals surface area contributed by atoms with Crippen molar-refractivity contribution in [3.63, 3.8) is 0 Å². The molecule has 1 aliphatic rings. The Morgan fingerprint density at radius 1 is 1.56 bits per heavy atom. The number of amides is 1. The number of hydrogen-bond donors (Lipinski definition) is 1. The van der Waals surface area contributed by atoms with Gasteiger partial charge in [0.2, 0.25) is 0 Å². The van der Waals surface area contributed by atoms with Crippen LogP contribution in [-0.4, -0.2) is 37.3 Å². The van der Waals surface area contributed by atoms with E-state index in [1.165, 1.54) is 12.3 Å². The lowest BCUT2D eigenvalue weighted by Gasteiger charge is -2.19. The zero-order valence-electron chi connectivity index (χ0n) is 10.0. The fourth-order valence-corrected chi connectivity index (χ4v) is 2.50. The number of aromatic nitrogens is 1. The topological polar surface area (TPSA) is 70.2 Å². The highest BCUT2D eigenvalue weighted by atomic mass is 35.7. The predicted molar refractivity (Wildman–Crippen MR) is 68.1 cm³/mol. The first-order valence-corrected chi connectivity index (χ1v) is 8.15. The van der Waals surface area contributed by atoms with Gasteiger partial charge < -0.3 is 9.88 Å². The zero-order chi connectivity index (χ0) is 13.3. The highest BCUT2D eigenvalue weighted by Crippen LogP contribution is 2.30. The Bertz CT molecular complexity index is 548. The van der Waals surface area contributed by atoms with Crippen LogP contribution in [0.15, 0.2) is 17.2 Å². The molecule has 0 aromatic carbocycles. The summed E-state index contributed by atoms with van der Waals surface area (Å²) < 4.78 is 22.2. The Morgan fingerprint density at radius 2 is 2.22 bits per heavy atom. The monoisotopic (exact) mass is 290 g/mol. The lowest BCUT2D eigenvalue weighted by Crippen LogP contribution is -2.32. The van der Waals surface area contributed by atoms with E-state index in [4.69, 9.17) is 10.7 Å². The molecule has 0 radical (unpaired) electrons. The smallest absolute Gasteiger partial charge is 0.270 e. The van der Waals surface area contributed by atoms with Gasteiger partial charge in [0.15, 0.2) is 0 Å². The Hall–Kier alpha value is -1.01. The molecule has 1 saturated carbocycles. The van der Waals surface area contributed by atoms with Crippen LogP contribution in [0.3, 0.4) is 0 Å². The lowest BCUT2D eigenvalue weighted by molar-refractivity contribution is 0.0751. The Morgan fingerprint density at radius 3 is 2.67 bits per heavy atom. The van der Waals surface area contributed by atoms with Gasteiger partial charge in [0.1, 0.15) is 10.6 Å². The Balaban J connectivity index is 2.14. The van der Waals surface area contributed by atoms with E-state index < -0.39 is 9.05 Å². The molecule has 0 spiro atoms. The predicted octanol–water partition coefficient (Wildman–Crippen LogP) is 1.81. The van der Waals surface area contributed by atoms with Crippen LogP contribution in [0.1, 0.15) is 30.3 Å². The highest BCUT2D eigenvalue weighted by Gasteiger charge is 2.27. The number of hydrogen-bond acceptors (Lipinski definition) is 3. The van der Waals surface area contributed by atoms with Crippen LogP contribution in [0.5, 0.6) is 0 Å². The van der Waals surface area contributed by atoms with E-state index in [0.717, 1.165) is 19.4 Å². The second-order valence-corrected chi connectivity index (χ2v) is 7.04. The molecule has 1 N–H and O–H groups in total. The van der Waals surface area contributed by atoms with Crippen LogP contribution >= 0.6 is 10.7 Å². The number of halogens is 1. The van der Waals surface area contributed by atoms with Crippen molar-refractivity contribution in [3.8, 4) is 0 Å². The second-order valence-electron chi connectivity index (χ2n) is 4.47. The number of H-pyrrole nitrogens is 1. The molecular formula is C11H15ClN2O3S. The molecule has 100 valence electrons. The minimum absolute atomic E-state index is 0.0741. The second kappa shape index (κ2) is 4.93. The van der Waals surface area contributed by atoms with Crippen molar-refractivity contribution in [2.45, 2.75) is 24.7 Å². The van der Waals surface area contributed by atoms with Gasteiger partial charge in [-0.25, -0.2) is 8.42 Å². The van der Waals surface area contributed by atoms with Crippen LogP contribution in [0.2, 0.25) is 0 Å². The zero-order valence-corrected chi connectivity index (χ0v) is 11.6. The summed E-state index contributed by atoms with van der Waals surface area (Å²) in [4.78, 5) is 16.4. The summed E-state index contributed by atoms with van der Waals surface area (Å²) in [6.45, 7) is 3.25. The van der Waals surface area contributed by atoms with Gasteiger partial charge in [-0.05, 0) is 31.7 Å². The third-order valence-electron chi connectivity index (χ3n) is 3.01. The fourth-order valence-electron chi connectivity index (χ4n) is 1.78. The van der Waals surface area contributed by atoms with Crippen LogP contribution in [0, 0.1) is 5.92 Å². The summed E-state index contributed by atoms with van der Waals surface area (Å²) in [6, 6.07) is 1.28. The van der Waals surface area contributed by atoms with Gasteiger partial charge in [-0.2, -0.15) is 0 Å². The molecule has 5 nitrogen and oxygen atoms in total. The number of carbonyl (C=O) groups is 1. The summed E-state index contributed by atoms with van der Waals surface area (Å²) in [5, 5.41) is 0. The molecule has 1 heterocycles. The third kappa shape index (κ3) is 3.05. The molecule has 1 aliphatic carbocycles. The number of nitrogens with zero attached hydrogens (tertiary/aromatic N) is 1.